The van der Waals surface area contributed by atoms with Crippen LogP contribution < -0.4 is 0 Å². The number of likely N-dealkylation sites (N-methyl/N-ethyl adjacent to an activating group) is 1. The van der Waals surface area contributed by atoms with Crippen LogP contribution in [0.2, 0.25) is 0 Å². The Kier molecular flexibility index (Phi) is 4.20. The molecule has 1 aliphatic heterocycles. The Morgan fingerprint density at radius 3 is 2.88 bits per heavy atom. The average molecular weight is 238 g/mol. The van der Waals surface area contributed by atoms with Crippen molar-refractivity contribution in [3.8, 4) is 0 Å². The van der Waals surface area contributed by atoms with Crippen molar-refractivity contribution >= 4 is 0 Å². The summed E-state index contributed by atoms with van der Waals surface area (Å²) in [5, 5.41) is 9.54. The Morgan fingerprint density at radius 2 is 2.35 bits per heavy atom. The highest BCUT2D eigenvalue weighted by atomic mass is 16.3. The molecule has 1 saturated heterocycles. The second kappa shape index (κ2) is 5.67. The maximum atomic E-state index is 9.54. The van der Waals surface area contributed by atoms with Crippen LogP contribution in [0.3, 0.4) is 0 Å². The fourth-order valence-corrected chi connectivity index (χ4v) is 2.64. The molecule has 0 saturated carbocycles. The monoisotopic (exact) mass is 238 g/mol. The molecule has 2 atom stereocenters. The Labute approximate surface area is 103 Å². The predicted molar refractivity (Wildman–Crippen MR) is 66.8 cm³/mol. The van der Waals surface area contributed by atoms with Gasteiger partial charge < -0.3 is 9.52 Å². The smallest absolute Gasteiger partial charge is 0.123 e. The zero-order valence-corrected chi connectivity index (χ0v) is 10.7. The summed E-state index contributed by atoms with van der Waals surface area (Å²) in [6.45, 7) is 8.69. The molecule has 2 rings (SSSR count). The zero-order valence-electron chi connectivity index (χ0n) is 10.7. The molecule has 0 bridgehead atoms. The van der Waals surface area contributed by atoms with Crippen molar-refractivity contribution in [2.75, 3.05) is 32.8 Å². The average Bonchev–Trinajstić information content (AvgIpc) is 2.84. The molecule has 0 aliphatic carbocycles. The number of piperazine rings is 1. The van der Waals surface area contributed by atoms with E-state index in [0.717, 1.165) is 31.9 Å². The van der Waals surface area contributed by atoms with Gasteiger partial charge in [-0.2, -0.15) is 0 Å². The molecule has 0 spiro atoms. The molecule has 1 fully saturated rings. The highest BCUT2D eigenvalue weighted by Crippen LogP contribution is 2.23. The molecular weight excluding hydrogens is 216 g/mol. The third-order valence-electron chi connectivity index (χ3n) is 3.69. The maximum absolute atomic E-state index is 9.54. The van der Waals surface area contributed by atoms with Gasteiger partial charge in [-0.1, -0.05) is 6.92 Å². The molecule has 17 heavy (non-hydrogen) atoms. The number of aliphatic hydroxyl groups excluding tert-OH is 1. The highest BCUT2D eigenvalue weighted by molar-refractivity contribution is 5.05. The number of nitrogens with zero attached hydrogens (tertiary/aromatic N) is 2. The lowest BCUT2D eigenvalue weighted by Gasteiger charge is -2.41. The lowest BCUT2D eigenvalue weighted by molar-refractivity contribution is 0.0290. The number of furan rings is 1. The topological polar surface area (TPSA) is 39.9 Å². The minimum atomic E-state index is 0.00598. The normalized spacial score (nSPS) is 25.0. The summed E-state index contributed by atoms with van der Waals surface area (Å²) >= 11 is 0. The van der Waals surface area contributed by atoms with Crippen LogP contribution in [0.5, 0.6) is 0 Å². The van der Waals surface area contributed by atoms with Gasteiger partial charge in [-0.15, -0.1) is 0 Å². The SMILES string of the molecule is CCN1CCN(C(CO)c2ccco2)CC1C. The minimum Gasteiger partial charge on any atom is -0.468 e. The van der Waals surface area contributed by atoms with E-state index in [1.807, 2.05) is 12.1 Å². The van der Waals surface area contributed by atoms with Crippen molar-refractivity contribution in [1.82, 2.24) is 9.80 Å². The van der Waals surface area contributed by atoms with Crippen molar-refractivity contribution in [2.45, 2.75) is 25.9 Å². The zero-order chi connectivity index (χ0) is 12.3. The van der Waals surface area contributed by atoms with E-state index in [4.69, 9.17) is 4.42 Å². The van der Waals surface area contributed by atoms with Crippen molar-refractivity contribution in [1.29, 1.82) is 0 Å². The Balaban J connectivity index is 2.02. The third-order valence-corrected chi connectivity index (χ3v) is 3.69. The standard InChI is InChI=1S/C13H22N2O2/c1-3-14-6-7-15(9-11(14)2)12(10-16)13-5-4-8-17-13/h4-5,8,11-12,16H,3,6-7,9-10H2,1-2H3. The summed E-state index contributed by atoms with van der Waals surface area (Å²) in [7, 11) is 0. The van der Waals surface area contributed by atoms with Gasteiger partial charge >= 0.3 is 0 Å². The Hall–Kier alpha value is -0.840. The second-order valence-electron chi connectivity index (χ2n) is 4.69. The molecule has 1 aromatic rings. The Bertz CT molecular complexity index is 326. The number of rotatable bonds is 4. The van der Waals surface area contributed by atoms with Gasteiger partial charge in [-0.3, -0.25) is 9.80 Å². The summed E-state index contributed by atoms with van der Waals surface area (Å²) in [5.74, 6) is 0.865. The molecule has 1 N–H and O–H groups in total. The van der Waals surface area contributed by atoms with E-state index in [0.29, 0.717) is 6.04 Å². The first-order chi connectivity index (χ1) is 8.26. The van der Waals surface area contributed by atoms with Gasteiger partial charge in [0.2, 0.25) is 0 Å². The Morgan fingerprint density at radius 1 is 1.53 bits per heavy atom. The minimum absolute atomic E-state index is 0.00598. The van der Waals surface area contributed by atoms with Crippen LogP contribution in [0.1, 0.15) is 25.6 Å². The van der Waals surface area contributed by atoms with E-state index in [-0.39, 0.29) is 12.6 Å². The molecule has 0 radical (unpaired) electrons. The maximum Gasteiger partial charge on any atom is 0.123 e. The number of aliphatic hydroxyl groups is 1. The van der Waals surface area contributed by atoms with Crippen LogP contribution in [0.25, 0.3) is 0 Å². The number of hydrogen-bond donors (Lipinski definition) is 1. The van der Waals surface area contributed by atoms with Crippen molar-refractivity contribution < 1.29 is 9.52 Å². The molecule has 1 aliphatic rings. The summed E-state index contributed by atoms with van der Waals surface area (Å²) in [4.78, 5) is 4.78. The van der Waals surface area contributed by atoms with Crippen molar-refractivity contribution in [2.24, 2.45) is 0 Å². The summed E-state index contributed by atoms with van der Waals surface area (Å²) in [5.41, 5.74) is 0. The van der Waals surface area contributed by atoms with Crippen molar-refractivity contribution in [3.05, 3.63) is 24.2 Å². The first-order valence-electron chi connectivity index (χ1n) is 6.38. The lowest BCUT2D eigenvalue weighted by Crippen LogP contribution is -2.52. The van der Waals surface area contributed by atoms with Crippen LogP contribution in [-0.4, -0.2) is 53.7 Å². The van der Waals surface area contributed by atoms with E-state index in [2.05, 4.69) is 23.6 Å². The van der Waals surface area contributed by atoms with E-state index >= 15 is 0 Å². The molecular formula is C13H22N2O2. The third kappa shape index (κ3) is 2.70. The van der Waals surface area contributed by atoms with Crippen molar-refractivity contribution in [3.63, 3.8) is 0 Å². The van der Waals surface area contributed by atoms with Crippen LogP contribution in [0, 0.1) is 0 Å². The summed E-state index contributed by atoms with van der Waals surface area (Å²) in [6.07, 6.45) is 1.67. The van der Waals surface area contributed by atoms with E-state index in [1.54, 1.807) is 6.26 Å². The molecule has 1 aromatic heterocycles. The second-order valence-corrected chi connectivity index (χ2v) is 4.69. The molecule has 0 amide bonds. The van der Waals surface area contributed by atoms with Crippen LogP contribution in [0.4, 0.5) is 0 Å². The van der Waals surface area contributed by atoms with Gasteiger partial charge in [0, 0.05) is 25.7 Å². The molecule has 2 heterocycles. The van der Waals surface area contributed by atoms with E-state index in [9.17, 15) is 5.11 Å². The quantitative estimate of drug-likeness (QED) is 0.859. The first kappa shape index (κ1) is 12.6. The molecule has 0 aromatic carbocycles. The molecule has 96 valence electrons. The summed E-state index contributed by atoms with van der Waals surface area (Å²) < 4.78 is 5.41. The van der Waals surface area contributed by atoms with E-state index in [1.165, 1.54) is 0 Å². The summed E-state index contributed by atoms with van der Waals surface area (Å²) in [6, 6.07) is 4.37. The number of hydrogen-bond acceptors (Lipinski definition) is 4. The highest BCUT2D eigenvalue weighted by Gasteiger charge is 2.29. The fraction of sp³-hybridized carbons (Fsp3) is 0.692. The van der Waals surface area contributed by atoms with Gasteiger partial charge in [0.25, 0.3) is 0 Å². The molecule has 4 nitrogen and oxygen atoms in total. The van der Waals surface area contributed by atoms with Gasteiger partial charge in [0.05, 0.1) is 18.9 Å². The van der Waals surface area contributed by atoms with Crippen LogP contribution in [-0.2, 0) is 0 Å². The largest absolute Gasteiger partial charge is 0.468 e. The molecule has 2 unspecified atom stereocenters. The van der Waals surface area contributed by atoms with Crippen LogP contribution in [0.15, 0.2) is 22.8 Å². The van der Waals surface area contributed by atoms with Crippen LogP contribution >= 0.6 is 0 Å². The van der Waals surface area contributed by atoms with Gasteiger partial charge in [-0.25, -0.2) is 0 Å². The van der Waals surface area contributed by atoms with Gasteiger partial charge in [-0.05, 0) is 25.6 Å². The lowest BCUT2D eigenvalue weighted by atomic mass is 10.1. The fourth-order valence-electron chi connectivity index (χ4n) is 2.64. The first-order valence-corrected chi connectivity index (χ1v) is 6.38. The predicted octanol–water partition coefficient (Wildman–Crippen LogP) is 1.34. The van der Waals surface area contributed by atoms with Gasteiger partial charge in [0.1, 0.15) is 5.76 Å². The molecule has 4 heteroatoms. The van der Waals surface area contributed by atoms with E-state index < -0.39 is 0 Å². The van der Waals surface area contributed by atoms with Gasteiger partial charge in [0.15, 0.2) is 0 Å².